The molecule has 5 heteroatoms. The molecule has 0 heterocycles. The Morgan fingerprint density at radius 3 is 1.47 bits per heavy atom. The second-order valence-electron chi connectivity index (χ2n) is 7.93. The Bertz CT molecular complexity index is 1240. The normalized spacial score (nSPS) is 10.5. The van der Waals surface area contributed by atoms with E-state index in [2.05, 4.69) is 0 Å². The smallest absolute Gasteiger partial charge is 0.339 e. The molecular formula is C29H26O5. The fraction of sp³-hybridized carbons (Fsp3) is 0.138. The summed E-state index contributed by atoms with van der Waals surface area (Å²) < 4.78 is 16.3. The third-order valence-corrected chi connectivity index (χ3v) is 5.56. The van der Waals surface area contributed by atoms with Crippen LogP contribution in [0.5, 0.6) is 23.0 Å². The average molecular weight is 455 g/mol. The zero-order valence-corrected chi connectivity index (χ0v) is 19.2. The lowest BCUT2D eigenvalue weighted by molar-refractivity contribution is 0.0694. The Morgan fingerprint density at radius 2 is 1.03 bits per heavy atom. The zero-order chi connectivity index (χ0) is 23.9. The van der Waals surface area contributed by atoms with Crippen LogP contribution in [0.4, 0.5) is 0 Å². The van der Waals surface area contributed by atoms with Gasteiger partial charge in [0.15, 0.2) is 0 Å². The second kappa shape index (κ2) is 10.6. The van der Waals surface area contributed by atoms with Gasteiger partial charge in [-0.25, -0.2) is 4.79 Å². The van der Waals surface area contributed by atoms with Crippen LogP contribution in [0.1, 0.15) is 32.6 Å². The van der Waals surface area contributed by atoms with Gasteiger partial charge in [-0.3, -0.25) is 0 Å². The summed E-state index contributed by atoms with van der Waals surface area (Å²) in [4.78, 5) is 11.9. The SMILES string of the molecule is COc1ccc(Cc2ccc(Oc3ccc(Cc4ccc(OC)cc4)cc3C(=O)O)cc2)cc1. The van der Waals surface area contributed by atoms with Crippen LogP contribution < -0.4 is 14.2 Å². The molecule has 0 aromatic heterocycles. The molecule has 0 aliphatic heterocycles. The van der Waals surface area contributed by atoms with Crippen LogP contribution in [0.25, 0.3) is 0 Å². The Morgan fingerprint density at radius 1 is 0.618 bits per heavy atom. The Hall–Kier alpha value is -4.25. The summed E-state index contributed by atoms with van der Waals surface area (Å²) in [6.45, 7) is 0. The monoisotopic (exact) mass is 454 g/mol. The molecule has 0 fully saturated rings. The molecule has 4 aromatic carbocycles. The number of methoxy groups -OCH3 is 2. The predicted octanol–water partition coefficient (Wildman–Crippen LogP) is 6.38. The number of ether oxygens (including phenoxy) is 3. The van der Waals surface area contributed by atoms with E-state index in [0.717, 1.165) is 34.6 Å². The summed E-state index contributed by atoms with van der Waals surface area (Å²) in [5.74, 6) is 1.49. The Labute approximate surface area is 199 Å². The molecule has 0 radical (unpaired) electrons. The van der Waals surface area contributed by atoms with Gasteiger partial charge in [-0.05, 0) is 83.6 Å². The van der Waals surface area contributed by atoms with Gasteiger partial charge in [0.1, 0.15) is 28.6 Å². The molecule has 1 N–H and O–H groups in total. The van der Waals surface area contributed by atoms with Crippen molar-refractivity contribution in [2.24, 2.45) is 0 Å². The molecule has 0 aliphatic carbocycles. The maximum Gasteiger partial charge on any atom is 0.339 e. The van der Waals surface area contributed by atoms with Crippen molar-refractivity contribution in [1.29, 1.82) is 0 Å². The highest BCUT2D eigenvalue weighted by Crippen LogP contribution is 2.28. The minimum Gasteiger partial charge on any atom is -0.497 e. The van der Waals surface area contributed by atoms with Gasteiger partial charge in [0, 0.05) is 0 Å². The molecule has 0 atom stereocenters. The van der Waals surface area contributed by atoms with Gasteiger partial charge < -0.3 is 19.3 Å². The van der Waals surface area contributed by atoms with Gasteiger partial charge in [0.25, 0.3) is 0 Å². The summed E-state index contributed by atoms with van der Waals surface area (Å²) in [7, 11) is 3.28. The first-order valence-electron chi connectivity index (χ1n) is 10.9. The highest BCUT2D eigenvalue weighted by molar-refractivity contribution is 5.91. The first-order valence-corrected chi connectivity index (χ1v) is 10.9. The number of hydrogen-bond acceptors (Lipinski definition) is 4. The maximum atomic E-state index is 11.9. The standard InChI is InChI=1S/C29H26O5/c1-32-24-10-3-20(4-11-24)17-21-7-14-26(15-8-21)34-28-16-9-23(19-27(28)29(30)31)18-22-5-12-25(33-2)13-6-22/h3-16,19H,17-18H2,1-2H3,(H,30,31). The minimum atomic E-state index is -1.03. The van der Waals surface area contributed by atoms with Crippen LogP contribution in [0.15, 0.2) is 91.0 Å². The summed E-state index contributed by atoms with van der Waals surface area (Å²) in [5.41, 5.74) is 4.40. The van der Waals surface area contributed by atoms with Crippen LogP contribution in [0.3, 0.4) is 0 Å². The second-order valence-corrected chi connectivity index (χ2v) is 7.93. The van der Waals surface area contributed by atoms with Gasteiger partial charge in [-0.1, -0.05) is 42.5 Å². The average Bonchev–Trinajstić information content (AvgIpc) is 2.87. The first kappa shape index (κ1) is 22.9. The summed E-state index contributed by atoms with van der Waals surface area (Å²) >= 11 is 0. The highest BCUT2D eigenvalue weighted by atomic mass is 16.5. The topological polar surface area (TPSA) is 65.0 Å². The van der Waals surface area contributed by atoms with E-state index in [9.17, 15) is 9.90 Å². The molecule has 0 amide bonds. The van der Waals surface area contributed by atoms with E-state index >= 15 is 0 Å². The highest BCUT2D eigenvalue weighted by Gasteiger charge is 2.14. The summed E-state index contributed by atoms with van der Waals surface area (Å²) in [6, 6.07) is 28.6. The molecule has 0 saturated carbocycles. The van der Waals surface area contributed by atoms with Crippen molar-refractivity contribution in [3.05, 3.63) is 119 Å². The van der Waals surface area contributed by atoms with Gasteiger partial charge in [-0.15, -0.1) is 0 Å². The van der Waals surface area contributed by atoms with E-state index in [-0.39, 0.29) is 5.56 Å². The van der Waals surface area contributed by atoms with Crippen molar-refractivity contribution in [1.82, 2.24) is 0 Å². The largest absolute Gasteiger partial charge is 0.497 e. The predicted molar refractivity (Wildman–Crippen MR) is 132 cm³/mol. The van der Waals surface area contributed by atoms with Crippen molar-refractivity contribution in [3.63, 3.8) is 0 Å². The van der Waals surface area contributed by atoms with Crippen LogP contribution in [-0.2, 0) is 12.8 Å². The molecule has 5 nitrogen and oxygen atoms in total. The molecule has 0 bridgehead atoms. The third kappa shape index (κ3) is 5.75. The van der Waals surface area contributed by atoms with Crippen LogP contribution in [-0.4, -0.2) is 25.3 Å². The number of hydrogen-bond donors (Lipinski definition) is 1. The van der Waals surface area contributed by atoms with Crippen LogP contribution in [0.2, 0.25) is 0 Å². The molecule has 0 saturated heterocycles. The molecule has 0 spiro atoms. The van der Waals surface area contributed by atoms with Gasteiger partial charge in [-0.2, -0.15) is 0 Å². The number of carboxylic acids is 1. The van der Waals surface area contributed by atoms with E-state index < -0.39 is 5.97 Å². The molecule has 0 aliphatic rings. The Kier molecular flexibility index (Phi) is 7.13. The van der Waals surface area contributed by atoms with Crippen LogP contribution >= 0.6 is 0 Å². The summed E-state index contributed by atoms with van der Waals surface area (Å²) in [5, 5.41) is 9.74. The van der Waals surface area contributed by atoms with Crippen LogP contribution in [0, 0.1) is 0 Å². The quantitative estimate of drug-likeness (QED) is 0.318. The number of benzene rings is 4. The fourth-order valence-electron chi connectivity index (χ4n) is 3.70. The third-order valence-electron chi connectivity index (χ3n) is 5.56. The number of carbonyl (C=O) groups is 1. The number of aromatic carboxylic acids is 1. The lowest BCUT2D eigenvalue weighted by Gasteiger charge is -2.12. The van der Waals surface area contributed by atoms with Gasteiger partial charge >= 0.3 is 5.97 Å². The number of carboxylic acid groups (broad SMARTS) is 1. The van der Waals surface area contributed by atoms with Crippen molar-refractivity contribution in [3.8, 4) is 23.0 Å². The van der Waals surface area contributed by atoms with E-state index in [1.54, 1.807) is 26.4 Å². The molecule has 4 aromatic rings. The first-order chi connectivity index (χ1) is 16.5. The zero-order valence-electron chi connectivity index (χ0n) is 19.2. The van der Waals surface area contributed by atoms with E-state index in [4.69, 9.17) is 14.2 Å². The lowest BCUT2D eigenvalue weighted by Crippen LogP contribution is -2.02. The molecule has 0 unspecified atom stereocenters. The lowest BCUT2D eigenvalue weighted by atomic mass is 10.0. The molecular weight excluding hydrogens is 428 g/mol. The van der Waals surface area contributed by atoms with E-state index in [1.165, 1.54) is 5.56 Å². The van der Waals surface area contributed by atoms with Crippen molar-refractivity contribution in [2.75, 3.05) is 14.2 Å². The Balaban J connectivity index is 1.46. The molecule has 4 rings (SSSR count). The summed E-state index contributed by atoms with van der Waals surface area (Å²) in [6.07, 6.45) is 1.40. The van der Waals surface area contributed by atoms with Crippen molar-refractivity contribution in [2.45, 2.75) is 12.8 Å². The molecule has 172 valence electrons. The van der Waals surface area contributed by atoms with E-state index in [1.807, 2.05) is 78.9 Å². The van der Waals surface area contributed by atoms with E-state index in [0.29, 0.717) is 17.9 Å². The fourth-order valence-corrected chi connectivity index (χ4v) is 3.70. The minimum absolute atomic E-state index is 0.133. The van der Waals surface area contributed by atoms with Gasteiger partial charge in [0.2, 0.25) is 0 Å². The van der Waals surface area contributed by atoms with Crippen molar-refractivity contribution < 1.29 is 24.1 Å². The maximum absolute atomic E-state index is 11.9. The van der Waals surface area contributed by atoms with Gasteiger partial charge in [0.05, 0.1) is 14.2 Å². The van der Waals surface area contributed by atoms with Crippen molar-refractivity contribution >= 4 is 5.97 Å². The molecule has 34 heavy (non-hydrogen) atoms. The number of rotatable bonds is 9.